The van der Waals surface area contributed by atoms with E-state index in [9.17, 15) is 9.59 Å². The Bertz CT molecular complexity index is 946. The molecule has 2 bridgehead atoms. The van der Waals surface area contributed by atoms with Crippen molar-refractivity contribution in [2.24, 2.45) is 11.8 Å². The Balaban J connectivity index is 1.28. The molecule has 1 aromatic heterocycles. The van der Waals surface area contributed by atoms with Crippen LogP contribution in [0.4, 0.5) is 0 Å². The predicted molar refractivity (Wildman–Crippen MR) is 107 cm³/mol. The quantitative estimate of drug-likeness (QED) is 0.764. The SMILES string of the molecule is O=C(NCc1cccnc1)[C@@H]1[C@H]2C(=O)N(CCc3ccccc3)C[C@]23C=C[C@H]1O3. The standard InChI is InChI=1S/C23H23N3O3/c27-21(25-14-17-7-4-11-24-13-17)19-18-8-10-23(29-18)15-26(22(28)20(19)23)12-9-16-5-2-1-3-6-16/h1-8,10-11,13,18-20H,9,12,14-15H2,(H,25,27)/t18-,19+,20+,23-/m1/s1. The second-order valence-corrected chi connectivity index (χ2v) is 7.97. The number of likely N-dealkylation sites (tertiary alicyclic amines) is 1. The third kappa shape index (κ3) is 3.13. The molecule has 5 rings (SSSR count). The van der Waals surface area contributed by atoms with E-state index in [0.717, 1.165) is 12.0 Å². The molecule has 0 aliphatic carbocycles. The Kier molecular flexibility index (Phi) is 4.43. The molecular weight excluding hydrogens is 366 g/mol. The molecule has 1 spiro atoms. The molecule has 2 fully saturated rings. The fraction of sp³-hybridized carbons (Fsp3) is 0.348. The molecule has 2 aromatic rings. The maximum absolute atomic E-state index is 13.2. The van der Waals surface area contributed by atoms with Gasteiger partial charge in [0.05, 0.1) is 24.5 Å². The minimum Gasteiger partial charge on any atom is -0.360 e. The van der Waals surface area contributed by atoms with E-state index in [4.69, 9.17) is 4.74 Å². The zero-order chi connectivity index (χ0) is 19.8. The summed E-state index contributed by atoms with van der Waals surface area (Å²) in [6.45, 7) is 1.54. The van der Waals surface area contributed by atoms with Crippen molar-refractivity contribution in [1.29, 1.82) is 0 Å². The zero-order valence-corrected chi connectivity index (χ0v) is 16.0. The third-order valence-corrected chi connectivity index (χ3v) is 6.18. The number of rotatable bonds is 6. The van der Waals surface area contributed by atoms with Crippen LogP contribution in [-0.4, -0.2) is 46.5 Å². The van der Waals surface area contributed by atoms with Crippen LogP contribution in [0.2, 0.25) is 0 Å². The highest BCUT2D eigenvalue weighted by Gasteiger charge is 2.66. The van der Waals surface area contributed by atoms with Crippen molar-refractivity contribution in [3.63, 3.8) is 0 Å². The number of carbonyl (C=O) groups is 2. The van der Waals surface area contributed by atoms with E-state index in [1.807, 2.05) is 47.4 Å². The van der Waals surface area contributed by atoms with Crippen molar-refractivity contribution >= 4 is 11.8 Å². The van der Waals surface area contributed by atoms with E-state index < -0.39 is 17.4 Å². The highest BCUT2D eigenvalue weighted by molar-refractivity contribution is 5.93. The number of benzene rings is 1. The molecule has 4 atom stereocenters. The van der Waals surface area contributed by atoms with Gasteiger partial charge in [0.15, 0.2) is 0 Å². The largest absolute Gasteiger partial charge is 0.360 e. The number of carbonyl (C=O) groups excluding carboxylic acids is 2. The first kappa shape index (κ1) is 18.1. The lowest BCUT2D eigenvalue weighted by molar-refractivity contribution is -0.137. The third-order valence-electron chi connectivity index (χ3n) is 6.18. The van der Waals surface area contributed by atoms with Crippen LogP contribution in [0, 0.1) is 11.8 Å². The van der Waals surface area contributed by atoms with Crippen LogP contribution in [0.3, 0.4) is 0 Å². The van der Waals surface area contributed by atoms with E-state index in [2.05, 4.69) is 22.4 Å². The summed E-state index contributed by atoms with van der Waals surface area (Å²) in [5.41, 5.74) is 1.47. The predicted octanol–water partition coefficient (Wildman–Crippen LogP) is 1.72. The van der Waals surface area contributed by atoms with Crippen LogP contribution in [0.25, 0.3) is 0 Å². The molecule has 3 aliphatic rings. The fourth-order valence-electron chi connectivity index (χ4n) is 4.79. The van der Waals surface area contributed by atoms with Crippen molar-refractivity contribution in [1.82, 2.24) is 15.2 Å². The normalized spacial score (nSPS) is 29.3. The minimum absolute atomic E-state index is 0.0225. The lowest BCUT2D eigenvalue weighted by atomic mass is 9.77. The molecule has 4 heterocycles. The van der Waals surface area contributed by atoms with Gasteiger partial charge in [0.25, 0.3) is 0 Å². The van der Waals surface area contributed by atoms with E-state index in [0.29, 0.717) is 19.6 Å². The highest BCUT2D eigenvalue weighted by atomic mass is 16.5. The molecule has 2 saturated heterocycles. The average molecular weight is 389 g/mol. The van der Waals surface area contributed by atoms with Gasteiger partial charge in [-0.2, -0.15) is 0 Å². The highest BCUT2D eigenvalue weighted by Crippen LogP contribution is 2.51. The van der Waals surface area contributed by atoms with E-state index in [1.54, 1.807) is 12.4 Å². The lowest BCUT2D eigenvalue weighted by Gasteiger charge is -2.23. The molecule has 3 aliphatic heterocycles. The number of amides is 2. The van der Waals surface area contributed by atoms with Gasteiger partial charge in [-0.05, 0) is 23.6 Å². The van der Waals surface area contributed by atoms with Crippen LogP contribution in [0.5, 0.6) is 0 Å². The first-order valence-corrected chi connectivity index (χ1v) is 10.0. The average Bonchev–Trinajstić information content (AvgIpc) is 3.40. The van der Waals surface area contributed by atoms with Crippen molar-refractivity contribution < 1.29 is 14.3 Å². The van der Waals surface area contributed by atoms with Gasteiger partial charge in [0.2, 0.25) is 11.8 Å². The van der Waals surface area contributed by atoms with Crippen molar-refractivity contribution in [3.8, 4) is 0 Å². The zero-order valence-electron chi connectivity index (χ0n) is 16.0. The number of nitrogens with zero attached hydrogens (tertiary/aromatic N) is 2. The summed E-state index contributed by atoms with van der Waals surface area (Å²) in [5.74, 6) is -1.03. The summed E-state index contributed by atoms with van der Waals surface area (Å²) < 4.78 is 6.18. The number of aromatic nitrogens is 1. The van der Waals surface area contributed by atoms with Gasteiger partial charge in [-0.15, -0.1) is 0 Å². The number of ether oxygens (including phenoxy) is 1. The minimum atomic E-state index is -0.658. The number of nitrogens with one attached hydrogen (secondary N) is 1. The summed E-state index contributed by atoms with van der Waals surface area (Å²) >= 11 is 0. The summed E-state index contributed by atoms with van der Waals surface area (Å²) in [7, 11) is 0. The van der Waals surface area contributed by atoms with Crippen LogP contribution in [-0.2, 0) is 27.3 Å². The summed E-state index contributed by atoms with van der Waals surface area (Å²) in [6, 6.07) is 13.9. The number of fused-ring (bicyclic) bond motifs is 1. The van der Waals surface area contributed by atoms with Crippen LogP contribution < -0.4 is 5.32 Å². The lowest BCUT2D eigenvalue weighted by Crippen LogP contribution is -2.44. The Morgan fingerprint density at radius 3 is 2.83 bits per heavy atom. The molecule has 0 unspecified atom stereocenters. The Morgan fingerprint density at radius 2 is 2.03 bits per heavy atom. The number of hydrogen-bond donors (Lipinski definition) is 1. The van der Waals surface area contributed by atoms with Gasteiger partial charge < -0.3 is 15.0 Å². The second kappa shape index (κ2) is 7.12. The smallest absolute Gasteiger partial charge is 0.230 e. The van der Waals surface area contributed by atoms with Gasteiger partial charge in [0, 0.05) is 25.5 Å². The van der Waals surface area contributed by atoms with E-state index in [-0.39, 0.29) is 17.9 Å². The molecule has 1 N–H and O–H groups in total. The second-order valence-electron chi connectivity index (χ2n) is 7.97. The maximum atomic E-state index is 13.2. The molecule has 0 radical (unpaired) electrons. The molecule has 2 amide bonds. The van der Waals surface area contributed by atoms with Gasteiger partial charge in [-0.3, -0.25) is 14.6 Å². The molecule has 0 saturated carbocycles. The number of pyridine rings is 1. The van der Waals surface area contributed by atoms with E-state index >= 15 is 0 Å². The van der Waals surface area contributed by atoms with E-state index in [1.165, 1.54) is 5.56 Å². The Hall–Kier alpha value is -2.99. The van der Waals surface area contributed by atoms with Gasteiger partial charge in [0.1, 0.15) is 5.60 Å². The van der Waals surface area contributed by atoms with Gasteiger partial charge in [-0.25, -0.2) is 0 Å². The van der Waals surface area contributed by atoms with Crippen molar-refractivity contribution in [2.75, 3.05) is 13.1 Å². The summed E-state index contributed by atoms with van der Waals surface area (Å²) in [4.78, 5) is 32.1. The van der Waals surface area contributed by atoms with Gasteiger partial charge in [-0.1, -0.05) is 48.6 Å². The van der Waals surface area contributed by atoms with Gasteiger partial charge >= 0.3 is 0 Å². The molecule has 6 nitrogen and oxygen atoms in total. The monoisotopic (exact) mass is 389 g/mol. The molecule has 29 heavy (non-hydrogen) atoms. The molecular formula is C23H23N3O3. The number of hydrogen-bond acceptors (Lipinski definition) is 4. The Morgan fingerprint density at radius 1 is 1.21 bits per heavy atom. The summed E-state index contributed by atoms with van der Waals surface area (Å²) in [5, 5.41) is 2.96. The molecule has 148 valence electrons. The first-order valence-electron chi connectivity index (χ1n) is 10.0. The molecule has 1 aromatic carbocycles. The maximum Gasteiger partial charge on any atom is 0.230 e. The summed E-state index contributed by atoms with van der Waals surface area (Å²) in [6.07, 6.45) is 7.83. The van der Waals surface area contributed by atoms with Crippen LogP contribution in [0.15, 0.2) is 67.0 Å². The molecule has 6 heteroatoms. The fourth-order valence-corrected chi connectivity index (χ4v) is 4.79. The first-order chi connectivity index (χ1) is 14.2. The van der Waals surface area contributed by atoms with Crippen LogP contribution in [0.1, 0.15) is 11.1 Å². The van der Waals surface area contributed by atoms with Crippen molar-refractivity contribution in [3.05, 3.63) is 78.1 Å². The topological polar surface area (TPSA) is 71.5 Å². The Labute approximate surface area is 169 Å². The van der Waals surface area contributed by atoms with Crippen molar-refractivity contribution in [2.45, 2.75) is 24.7 Å². The van der Waals surface area contributed by atoms with Crippen LogP contribution >= 0.6 is 0 Å².